The highest BCUT2D eigenvalue weighted by Gasteiger charge is 2.31. The van der Waals surface area contributed by atoms with Gasteiger partial charge in [-0.15, -0.1) is 12.4 Å². The second-order valence-electron chi connectivity index (χ2n) is 5.57. The van der Waals surface area contributed by atoms with Crippen LogP contribution < -0.4 is 21.1 Å². The summed E-state index contributed by atoms with van der Waals surface area (Å²) in [7, 11) is 0. The normalized spacial score (nSPS) is 18.9. The number of carbonyl (C=O) groups is 2. The average Bonchev–Trinajstić information content (AvgIpc) is 2.96. The predicted molar refractivity (Wildman–Crippen MR) is 91.9 cm³/mol. The number of hydrogen-bond donors (Lipinski definition) is 4. The van der Waals surface area contributed by atoms with E-state index >= 15 is 0 Å². The van der Waals surface area contributed by atoms with E-state index in [4.69, 9.17) is 10.5 Å². The third-order valence-corrected chi connectivity index (χ3v) is 3.81. The van der Waals surface area contributed by atoms with Crippen LogP contribution in [-0.2, 0) is 9.59 Å². The summed E-state index contributed by atoms with van der Waals surface area (Å²) in [6.07, 6.45) is -0.354. The quantitative estimate of drug-likeness (QED) is 0.482. The first-order valence-corrected chi connectivity index (χ1v) is 7.75. The lowest BCUT2D eigenvalue weighted by Gasteiger charge is -2.20. The number of nitrogens with one attached hydrogen (secondary N) is 2. The molecular weight excluding hydrogens is 334 g/mol. The minimum absolute atomic E-state index is 0. The van der Waals surface area contributed by atoms with Crippen LogP contribution in [0.15, 0.2) is 30.3 Å². The third-order valence-electron chi connectivity index (χ3n) is 3.81. The average molecular weight is 358 g/mol. The highest BCUT2D eigenvalue weighted by molar-refractivity contribution is 5.85. The molecule has 2 amide bonds. The van der Waals surface area contributed by atoms with Gasteiger partial charge in [-0.25, -0.2) is 0 Å². The van der Waals surface area contributed by atoms with Crippen molar-refractivity contribution in [1.29, 1.82) is 0 Å². The second-order valence-corrected chi connectivity index (χ2v) is 5.57. The Bertz CT molecular complexity index is 529. The molecule has 0 bridgehead atoms. The molecule has 5 N–H and O–H groups in total. The van der Waals surface area contributed by atoms with Gasteiger partial charge in [-0.2, -0.15) is 0 Å². The van der Waals surface area contributed by atoms with Crippen molar-refractivity contribution >= 4 is 24.2 Å². The fraction of sp³-hybridized carbons (Fsp3) is 0.500. The van der Waals surface area contributed by atoms with Crippen LogP contribution in [0, 0.1) is 5.92 Å². The van der Waals surface area contributed by atoms with Crippen LogP contribution in [0.1, 0.15) is 12.8 Å². The monoisotopic (exact) mass is 357 g/mol. The predicted octanol–water partition coefficient (Wildman–Crippen LogP) is -0.182. The summed E-state index contributed by atoms with van der Waals surface area (Å²) in [4.78, 5) is 23.3. The molecule has 134 valence electrons. The van der Waals surface area contributed by atoms with Gasteiger partial charge in [0, 0.05) is 18.5 Å². The van der Waals surface area contributed by atoms with Crippen LogP contribution >= 0.6 is 12.4 Å². The molecule has 1 aromatic carbocycles. The van der Waals surface area contributed by atoms with Gasteiger partial charge < -0.3 is 26.2 Å². The number of aliphatic hydroxyl groups excluding tert-OH is 1. The standard InChI is InChI=1S/C16H23N3O4.ClH/c17-13(10-11-6-7-18-15(11)21)14(20)16(22)19-8-9-23-12-4-2-1-3-5-12;/h1-5,11,13-14,20H,6-10,17H2,(H,18,21)(H,19,22);1H/t11?,13-,14?;/m0./s1. The Morgan fingerprint density at radius 1 is 1.42 bits per heavy atom. The number of carbonyl (C=O) groups excluding carboxylic acids is 2. The Labute approximate surface area is 147 Å². The molecule has 1 aliphatic rings. The summed E-state index contributed by atoms with van der Waals surface area (Å²) in [5.41, 5.74) is 5.83. The summed E-state index contributed by atoms with van der Waals surface area (Å²) in [5.74, 6) is -0.128. The second kappa shape index (κ2) is 10.1. The summed E-state index contributed by atoms with van der Waals surface area (Å²) >= 11 is 0. The van der Waals surface area contributed by atoms with Crippen molar-refractivity contribution in [2.45, 2.75) is 25.0 Å². The Morgan fingerprint density at radius 2 is 2.12 bits per heavy atom. The highest BCUT2D eigenvalue weighted by Crippen LogP contribution is 2.16. The lowest BCUT2D eigenvalue weighted by Crippen LogP contribution is -2.48. The molecule has 0 aromatic heterocycles. The van der Waals surface area contributed by atoms with Crippen molar-refractivity contribution in [1.82, 2.24) is 10.6 Å². The van der Waals surface area contributed by atoms with Gasteiger partial charge in [-0.05, 0) is 25.0 Å². The lowest BCUT2D eigenvalue weighted by molar-refractivity contribution is -0.131. The van der Waals surface area contributed by atoms with Gasteiger partial charge in [-0.3, -0.25) is 9.59 Å². The zero-order valence-corrected chi connectivity index (χ0v) is 14.1. The van der Waals surface area contributed by atoms with Crippen molar-refractivity contribution in [3.8, 4) is 5.75 Å². The maximum atomic E-state index is 11.9. The van der Waals surface area contributed by atoms with E-state index in [-0.39, 0.29) is 30.8 Å². The molecule has 1 heterocycles. The van der Waals surface area contributed by atoms with Crippen LogP contribution in [0.2, 0.25) is 0 Å². The van der Waals surface area contributed by atoms with Gasteiger partial charge in [0.05, 0.1) is 6.54 Å². The van der Waals surface area contributed by atoms with Gasteiger partial charge in [0.2, 0.25) is 5.91 Å². The topological polar surface area (TPSA) is 114 Å². The number of hydrogen-bond acceptors (Lipinski definition) is 5. The molecule has 8 heteroatoms. The van der Waals surface area contributed by atoms with Crippen LogP contribution in [-0.4, -0.2) is 48.8 Å². The SMILES string of the molecule is Cl.N[C@@H](CC1CCNC1=O)C(O)C(=O)NCCOc1ccccc1. The molecule has 1 aromatic rings. The van der Waals surface area contributed by atoms with Crippen LogP contribution in [0.25, 0.3) is 0 Å². The van der Waals surface area contributed by atoms with Crippen LogP contribution in [0.4, 0.5) is 0 Å². The molecule has 0 spiro atoms. The van der Waals surface area contributed by atoms with Gasteiger partial charge in [0.25, 0.3) is 5.91 Å². The van der Waals surface area contributed by atoms with E-state index in [1.54, 1.807) is 0 Å². The fourth-order valence-electron chi connectivity index (χ4n) is 2.49. The molecule has 24 heavy (non-hydrogen) atoms. The first kappa shape index (κ1) is 20.2. The summed E-state index contributed by atoms with van der Waals surface area (Å²) < 4.78 is 5.44. The van der Waals surface area contributed by atoms with Crippen LogP contribution in [0.5, 0.6) is 5.75 Å². The Kier molecular flexibility index (Phi) is 8.53. The van der Waals surface area contributed by atoms with Crippen LogP contribution in [0.3, 0.4) is 0 Å². The van der Waals surface area contributed by atoms with E-state index in [0.717, 1.165) is 0 Å². The zero-order valence-electron chi connectivity index (χ0n) is 13.3. The van der Waals surface area contributed by atoms with Crippen molar-refractivity contribution in [2.75, 3.05) is 19.7 Å². The fourth-order valence-corrected chi connectivity index (χ4v) is 2.49. The van der Waals surface area contributed by atoms with Gasteiger partial charge in [0.15, 0.2) is 0 Å². The van der Waals surface area contributed by atoms with Crippen molar-refractivity contribution in [3.05, 3.63) is 30.3 Å². The molecule has 2 unspecified atom stereocenters. The van der Waals surface area contributed by atoms with E-state index < -0.39 is 18.1 Å². The largest absolute Gasteiger partial charge is 0.492 e. The minimum Gasteiger partial charge on any atom is -0.492 e. The van der Waals surface area contributed by atoms with Gasteiger partial charge >= 0.3 is 0 Å². The van der Waals surface area contributed by atoms with Gasteiger partial charge in [-0.1, -0.05) is 18.2 Å². The molecule has 0 saturated carbocycles. The van der Waals surface area contributed by atoms with Crippen molar-refractivity contribution < 1.29 is 19.4 Å². The molecule has 1 fully saturated rings. The summed E-state index contributed by atoms with van der Waals surface area (Å²) in [6.45, 7) is 1.18. The maximum absolute atomic E-state index is 11.9. The number of ether oxygens (including phenoxy) is 1. The van der Waals surface area contributed by atoms with E-state index in [2.05, 4.69) is 10.6 Å². The van der Waals surface area contributed by atoms with Crippen molar-refractivity contribution in [2.24, 2.45) is 11.7 Å². The Morgan fingerprint density at radius 3 is 2.75 bits per heavy atom. The number of amides is 2. The molecule has 1 saturated heterocycles. The van der Waals surface area contributed by atoms with E-state index in [1.807, 2.05) is 30.3 Å². The van der Waals surface area contributed by atoms with Gasteiger partial charge in [0.1, 0.15) is 18.5 Å². The minimum atomic E-state index is -1.33. The van der Waals surface area contributed by atoms with E-state index in [9.17, 15) is 14.7 Å². The van der Waals surface area contributed by atoms with E-state index in [0.29, 0.717) is 31.7 Å². The lowest BCUT2D eigenvalue weighted by atomic mass is 9.95. The first-order chi connectivity index (χ1) is 11.1. The molecule has 3 atom stereocenters. The molecule has 0 radical (unpaired) electrons. The number of rotatable bonds is 8. The molecule has 7 nitrogen and oxygen atoms in total. The maximum Gasteiger partial charge on any atom is 0.250 e. The number of benzene rings is 1. The van der Waals surface area contributed by atoms with E-state index in [1.165, 1.54) is 0 Å². The zero-order chi connectivity index (χ0) is 16.7. The van der Waals surface area contributed by atoms with Crippen molar-refractivity contribution in [3.63, 3.8) is 0 Å². The number of aliphatic hydroxyl groups is 1. The smallest absolute Gasteiger partial charge is 0.250 e. The molecule has 1 aliphatic heterocycles. The number of para-hydroxylation sites is 1. The molecular formula is C16H24ClN3O4. The third kappa shape index (κ3) is 5.99. The molecule has 0 aliphatic carbocycles. The summed E-state index contributed by atoms with van der Waals surface area (Å²) in [6, 6.07) is 8.47. The Balaban J connectivity index is 0.00000288. The first-order valence-electron chi connectivity index (χ1n) is 7.75. The summed E-state index contributed by atoms with van der Waals surface area (Å²) in [5, 5.41) is 15.2. The highest BCUT2D eigenvalue weighted by atomic mass is 35.5. The number of nitrogens with two attached hydrogens (primary N) is 1. The Hall–Kier alpha value is -1.83. The molecule has 2 rings (SSSR count). The number of halogens is 1.